The van der Waals surface area contributed by atoms with Crippen molar-refractivity contribution in [1.29, 1.82) is 0 Å². The Morgan fingerprint density at radius 2 is 2.18 bits per heavy atom. The zero-order valence-electron chi connectivity index (χ0n) is 9.94. The summed E-state index contributed by atoms with van der Waals surface area (Å²) in [5.74, 6) is 0. The van der Waals surface area contributed by atoms with Crippen LogP contribution >= 0.6 is 0 Å². The minimum atomic E-state index is 0.516. The van der Waals surface area contributed by atoms with Gasteiger partial charge in [0.05, 0.1) is 24.8 Å². The molecular formula is C14H16N2O. The van der Waals surface area contributed by atoms with Crippen LogP contribution in [0.3, 0.4) is 0 Å². The summed E-state index contributed by atoms with van der Waals surface area (Å²) in [5.41, 5.74) is 3.47. The molecule has 3 nitrogen and oxygen atoms in total. The van der Waals surface area contributed by atoms with Gasteiger partial charge in [-0.15, -0.1) is 0 Å². The normalized spacial score (nSPS) is 16.1. The fraction of sp³-hybridized carbons (Fsp3) is 0.357. The van der Waals surface area contributed by atoms with Gasteiger partial charge in [0, 0.05) is 17.6 Å². The van der Waals surface area contributed by atoms with Crippen molar-refractivity contribution in [1.82, 2.24) is 10.3 Å². The lowest BCUT2D eigenvalue weighted by molar-refractivity contribution is -0.00574. The molecule has 0 spiro atoms. The molecule has 1 aromatic heterocycles. The Labute approximate surface area is 101 Å². The second-order valence-corrected chi connectivity index (χ2v) is 4.56. The molecule has 1 saturated heterocycles. The molecule has 0 radical (unpaired) electrons. The molecule has 3 heteroatoms. The summed E-state index contributed by atoms with van der Waals surface area (Å²) in [6.07, 6.45) is 0. The first kappa shape index (κ1) is 10.7. The maximum absolute atomic E-state index is 5.16. The van der Waals surface area contributed by atoms with Crippen molar-refractivity contribution in [3.05, 3.63) is 41.6 Å². The van der Waals surface area contributed by atoms with E-state index in [2.05, 4.69) is 34.6 Å². The molecule has 1 fully saturated rings. The molecule has 0 unspecified atom stereocenters. The number of para-hydroxylation sites is 1. The molecule has 3 rings (SSSR count). The molecule has 1 N–H and O–H groups in total. The van der Waals surface area contributed by atoms with Gasteiger partial charge in [-0.2, -0.15) is 0 Å². The molecule has 0 aliphatic carbocycles. The van der Waals surface area contributed by atoms with Gasteiger partial charge in [0.15, 0.2) is 0 Å². The summed E-state index contributed by atoms with van der Waals surface area (Å²) >= 11 is 0. The lowest BCUT2D eigenvalue weighted by Gasteiger charge is -2.27. The van der Waals surface area contributed by atoms with E-state index in [1.165, 1.54) is 10.9 Å². The number of ether oxygens (including phenoxy) is 1. The van der Waals surface area contributed by atoms with Crippen LogP contribution in [0, 0.1) is 6.92 Å². The number of benzene rings is 1. The smallest absolute Gasteiger partial charge is 0.0708 e. The molecule has 2 aromatic rings. The van der Waals surface area contributed by atoms with Crippen LogP contribution in [-0.4, -0.2) is 24.2 Å². The maximum Gasteiger partial charge on any atom is 0.0708 e. The topological polar surface area (TPSA) is 34.1 Å². The van der Waals surface area contributed by atoms with Gasteiger partial charge in [-0.3, -0.25) is 4.98 Å². The second kappa shape index (κ2) is 4.43. The number of nitrogens with one attached hydrogen (secondary N) is 1. The van der Waals surface area contributed by atoms with Crippen LogP contribution in [0.1, 0.15) is 11.3 Å². The van der Waals surface area contributed by atoms with E-state index < -0.39 is 0 Å². The number of aromatic nitrogens is 1. The van der Waals surface area contributed by atoms with E-state index in [1.54, 1.807) is 0 Å². The van der Waals surface area contributed by atoms with E-state index in [4.69, 9.17) is 4.74 Å². The molecule has 88 valence electrons. The third kappa shape index (κ3) is 2.16. The predicted molar refractivity (Wildman–Crippen MR) is 67.9 cm³/mol. The highest BCUT2D eigenvalue weighted by atomic mass is 16.5. The van der Waals surface area contributed by atoms with Crippen LogP contribution in [-0.2, 0) is 11.3 Å². The summed E-state index contributed by atoms with van der Waals surface area (Å²) in [6, 6.07) is 11.0. The number of pyridine rings is 1. The van der Waals surface area contributed by atoms with Crippen LogP contribution in [0.2, 0.25) is 0 Å². The van der Waals surface area contributed by atoms with Gasteiger partial charge in [0.2, 0.25) is 0 Å². The van der Waals surface area contributed by atoms with Crippen LogP contribution < -0.4 is 5.32 Å². The molecule has 0 amide bonds. The molecule has 1 aliphatic heterocycles. The van der Waals surface area contributed by atoms with E-state index in [0.717, 1.165) is 31.0 Å². The Balaban J connectivity index is 1.90. The summed E-state index contributed by atoms with van der Waals surface area (Å²) < 4.78 is 5.16. The highest BCUT2D eigenvalue weighted by Gasteiger charge is 2.17. The summed E-state index contributed by atoms with van der Waals surface area (Å²) in [4.78, 5) is 4.55. The van der Waals surface area contributed by atoms with Crippen molar-refractivity contribution in [2.24, 2.45) is 0 Å². The van der Waals surface area contributed by atoms with Crippen molar-refractivity contribution < 1.29 is 4.74 Å². The molecule has 1 aromatic carbocycles. The Morgan fingerprint density at radius 1 is 1.35 bits per heavy atom. The summed E-state index contributed by atoms with van der Waals surface area (Å²) in [5, 5.41) is 4.74. The van der Waals surface area contributed by atoms with Gasteiger partial charge in [-0.1, -0.05) is 18.2 Å². The number of rotatable bonds is 3. The Hall–Kier alpha value is -1.45. The first-order valence-corrected chi connectivity index (χ1v) is 5.99. The van der Waals surface area contributed by atoms with Gasteiger partial charge in [-0.05, 0) is 24.6 Å². The number of fused-ring (bicyclic) bond motifs is 1. The monoisotopic (exact) mass is 228 g/mol. The van der Waals surface area contributed by atoms with Crippen molar-refractivity contribution in [2.45, 2.75) is 19.5 Å². The number of hydrogen-bond acceptors (Lipinski definition) is 3. The van der Waals surface area contributed by atoms with Crippen LogP contribution in [0.4, 0.5) is 0 Å². The van der Waals surface area contributed by atoms with Crippen LogP contribution in [0.25, 0.3) is 10.9 Å². The van der Waals surface area contributed by atoms with Gasteiger partial charge >= 0.3 is 0 Å². The highest BCUT2D eigenvalue weighted by molar-refractivity contribution is 5.82. The van der Waals surface area contributed by atoms with Crippen molar-refractivity contribution in [2.75, 3.05) is 13.2 Å². The highest BCUT2D eigenvalue weighted by Crippen LogP contribution is 2.18. The molecule has 0 bridgehead atoms. The van der Waals surface area contributed by atoms with E-state index in [-0.39, 0.29) is 0 Å². The standard InChI is InChI=1S/C14H16N2O/c1-10-6-11(7-15-12-8-17-9-12)13-4-2-3-5-14(13)16-10/h2-6,12,15H,7-9H2,1H3. The first-order chi connectivity index (χ1) is 8.33. The van der Waals surface area contributed by atoms with Gasteiger partial charge in [0.1, 0.15) is 0 Å². The molecule has 0 atom stereocenters. The quantitative estimate of drug-likeness (QED) is 0.872. The van der Waals surface area contributed by atoms with E-state index in [0.29, 0.717) is 6.04 Å². The van der Waals surface area contributed by atoms with E-state index in [9.17, 15) is 0 Å². The SMILES string of the molecule is Cc1cc(CNC2COC2)c2ccccc2n1. The maximum atomic E-state index is 5.16. The van der Waals surface area contributed by atoms with E-state index >= 15 is 0 Å². The fourth-order valence-corrected chi connectivity index (χ4v) is 2.15. The molecule has 2 heterocycles. The zero-order chi connectivity index (χ0) is 11.7. The summed E-state index contributed by atoms with van der Waals surface area (Å²) in [7, 11) is 0. The lowest BCUT2D eigenvalue weighted by atomic mass is 10.1. The van der Waals surface area contributed by atoms with Crippen LogP contribution in [0.15, 0.2) is 30.3 Å². The van der Waals surface area contributed by atoms with Crippen molar-refractivity contribution >= 4 is 10.9 Å². The molecule has 1 aliphatic rings. The molecular weight excluding hydrogens is 212 g/mol. The number of hydrogen-bond donors (Lipinski definition) is 1. The average molecular weight is 228 g/mol. The third-order valence-electron chi connectivity index (χ3n) is 3.15. The molecule has 0 saturated carbocycles. The fourth-order valence-electron chi connectivity index (χ4n) is 2.15. The largest absolute Gasteiger partial charge is 0.378 e. The Morgan fingerprint density at radius 3 is 2.94 bits per heavy atom. The first-order valence-electron chi connectivity index (χ1n) is 5.99. The molecule has 17 heavy (non-hydrogen) atoms. The Bertz CT molecular complexity index is 535. The average Bonchev–Trinajstić information content (AvgIpc) is 2.26. The minimum Gasteiger partial charge on any atom is -0.378 e. The Kier molecular flexibility index (Phi) is 2.79. The lowest BCUT2D eigenvalue weighted by Crippen LogP contribution is -2.45. The number of nitrogens with zero attached hydrogens (tertiary/aromatic N) is 1. The van der Waals surface area contributed by atoms with Crippen LogP contribution in [0.5, 0.6) is 0 Å². The van der Waals surface area contributed by atoms with Crippen molar-refractivity contribution in [3.8, 4) is 0 Å². The second-order valence-electron chi connectivity index (χ2n) is 4.56. The van der Waals surface area contributed by atoms with Crippen molar-refractivity contribution in [3.63, 3.8) is 0 Å². The zero-order valence-corrected chi connectivity index (χ0v) is 9.94. The van der Waals surface area contributed by atoms with Gasteiger partial charge in [-0.25, -0.2) is 0 Å². The predicted octanol–water partition coefficient (Wildman–Crippen LogP) is 2.03. The number of aryl methyl sites for hydroxylation is 1. The van der Waals surface area contributed by atoms with Gasteiger partial charge in [0.25, 0.3) is 0 Å². The van der Waals surface area contributed by atoms with Gasteiger partial charge < -0.3 is 10.1 Å². The third-order valence-corrected chi connectivity index (χ3v) is 3.15. The summed E-state index contributed by atoms with van der Waals surface area (Å²) in [6.45, 7) is 4.60. The van der Waals surface area contributed by atoms with E-state index in [1.807, 2.05) is 13.0 Å². The minimum absolute atomic E-state index is 0.516.